The lowest BCUT2D eigenvalue weighted by Gasteiger charge is -2.37. The summed E-state index contributed by atoms with van der Waals surface area (Å²) in [4.78, 5) is 64.3. The van der Waals surface area contributed by atoms with E-state index in [4.69, 9.17) is 21.1 Å². The highest BCUT2D eigenvalue weighted by molar-refractivity contribution is 6.32. The molecule has 3 aromatic rings. The molecule has 10 nitrogen and oxygen atoms in total. The lowest BCUT2D eigenvalue weighted by Crippen LogP contribution is -2.40. The standard InChI is InChI=1S/C32H23ClN2O8/c33-24-5-2-6-25(35(40)41)29(24)43-19-9-7-16(8-10-19)26(36)15-42-32(39)17-3-1-4-18(13-17)34-30(37)27-20-11-12-21(23-14-22(20)23)28(27)31(34)38/h1-13,20-23,27-28H,14-15H2/t20-,21-,22-,23+,27-,28+/m1/s1. The predicted octanol–water partition coefficient (Wildman–Crippen LogP) is 5.64. The minimum Gasteiger partial charge on any atom is -0.454 e. The zero-order valence-electron chi connectivity index (χ0n) is 22.4. The molecule has 2 bridgehead atoms. The third-order valence-electron chi connectivity index (χ3n) is 8.88. The molecule has 8 rings (SSSR count). The van der Waals surface area contributed by atoms with Gasteiger partial charge in [-0.3, -0.25) is 24.5 Å². The van der Waals surface area contributed by atoms with Crippen molar-refractivity contribution in [3.05, 3.63) is 105 Å². The van der Waals surface area contributed by atoms with Crippen LogP contribution in [-0.2, 0) is 14.3 Å². The van der Waals surface area contributed by atoms with Gasteiger partial charge in [0.1, 0.15) is 5.75 Å². The lowest BCUT2D eigenvalue weighted by molar-refractivity contribution is -0.385. The van der Waals surface area contributed by atoms with Gasteiger partial charge in [0.05, 0.1) is 33.0 Å². The number of halogens is 1. The van der Waals surface area contributed by atoms with Crippen LogP contribution in [0.2, 0.25) is 5.02 Å². The maximum Gasteiger partial charge on any atom is 0.338 e. The SMILES string of the molecule is O=C(COC(=O)c1cccc(N2C(=O)[C@@H]3[C@@H]4C=C[C@H]([C@@H]5C[C@H]45)[C@@H]3C2=O)c1)c1ccc(Oc2c(Cl)cccc2[N+](=O)[O-])cc1. The number of ether oxygens (including phenoxy) is 2. The number of benzene rings is 3. The third kappa shape index (κ3) is 4.49. The number of Topliss-reactive ketones (excluding diaryl/α,β-unsaturated/α-hetero) is 1. The van der Waals surface area contributed by atoms with Gasteiger partial charge in [0.2, 0.25) is 17.6 Å². The normalized spacial score (nSPS) is 26.1. The second-order valence-corrected chi connectivity index (χ2v) is 11.6. The molecule has 43 heavy (non-hydrogen) atoms. The molecule has 3 aromatic carbocycles. The first-order valence-electron chi connectivity index (χ1n) is 13.8. The van der Waals surface area contributed by atoms with E-state index in [1.54, 1.807) is 12.1 Å². The van der Waals surface area contributed by atoms with E-state index < -0.39 is 23.3 Å². The van der Waals surface area contributed by atoms with Crippen molar-refractivity contribution in [2.45, 2.75) is 6.42 Å². The van der Waals surface area contributed by atoms with Gasteiger partial charge in [-0.1, -0.05) is 35.9 Å². The summed E-state index contributed by atoms with van der Waals surface area (Å²) in [5, 5.41) is 11.3. The molecule has 1 saturated heterocycles. The number of rotatable bonds is 8. The zero-order chi connectivity index (χ0) is 30.0. The summed E-state index contributed by atoms with van der Waals surface area (Å²) in [5.41, 5.74) is 0.336. The number of hydrogen-bond donors (Lipinski definition) is 0. The number of nitro benzene ring substituents is 1. The van der Waals surface area contributed by atoms with Crippen molar-refractivity contribution in [1.29, 1.82) is 0 Å². The number of esters is 1. The maximum atomic E-state index is 13.4. The first kappa shape index (κ1) is 27.0. The summed E-state index contributed by atoms with van der Waals surface area (Å²) < 4.78 is 10.8. The number of imide groups is 1. The molecular formula is C32H23ClN2O8. The monoisotopic (exact) mass is 598 g/mol. The summed E-state index contributed by atoms with van der Waals surface area (Å²) in [6, 6.07) is 16.0. The largest absolute Gasteiger partial charge is 0.454 e. The summed E-state index contributed by atoms with van der Waals surface area (Å²) >= 11 is 6.07. The van der Waals surface area contributed by atoms with E-state index in [9.17, 15) is 29.3 Å². The Hall–Kier alpha value is -4.83. The topological polar surface area (TPSA) is 133 Å². The number of anilines is 1. The number of ketones is 1. The van der Waals surface area contributed by atoms with Gasteiger partial charge in [0, 0.05) is 11.6 Å². The van der Waals surface area contributed by atoms with Crippen molar-refractivity contribution < 1.29 is 33.6 Å². The van der Waals surface area contributed by atoms with Gasteiger partial charge >= 0.3 is 11.7 Å². The molecule has 1 aliphatic heterocycles. The molecule has 4 aliphatic carbocycles. The van der Waals surface area contributed by atoms with Gasteiger partial charge in [-0.25, -0.2) is 9.69 Å². The van der Waals surface area contributed by atoms with Gasteiger partial charge in [-0.05, 0) is 78.6 Å². The molecule has 0 aromatic heterocycles. The fourth-order valence-electron chi connectivity index (χ4n) is 6.85. The highest BCUT2D eigenvalue weighted by atomic mass is 35.5. The van der Waals surface area contributed by atoms with Crippen molar-refractivity contribution in [2.75, 3.05) is 11.5 Å². The number of para-hydroxylation sites is 1. The molecule has 6 atom stereocenters. The number of nitro groups is 1. The minimum atomic E-state index is -0.777. The highest BCUT2D eigenvalue weighted by Crippen LogP contribution is 2.65. The molecule has 216 valence electrons. The number of allylic oxidation sites excluding steroid dienone is 2. The number of amides is 2. The Balaban J connectivity index is 0.999. The van der Waals surface area contributed by atoms with Crippen LogP contribution in [-0.4, -0.2) is 35.1 Å². The third-order valence-corrected chi connectivity index (χ3v) is 9.17. The molecule has 5 aliphatic rings. The summed E-state index contributed by atoms with van der Waals surface area (Å²) in [6.07, 6.45) is 5.28. The van der Waals surface area contributed by atoms with E-state index in [1.807, 2.05) is 0 Å². The van der Waals surface area contributed by atoms with Crippen molar-refractivity contribution in [2.24, 2.45) is 35.5 Å². The predicted molar refractivity (Wildman–Crippen MR) is 153 cm³/mol. The molecule has 0 unspecified atom stereocenters. The van der Waals surface area contributed by atoms with Crippen LogP contribution < -0.4 is 9.64 Å². The summed E-state index contributed by atoms with van der Waals surface area (Å²) in [7, 11) is 0. The Morgan fingerprint density at radius 2 is 1.56 bits per heavy atom. The molecule has 0 N–H and O–H groups in total. The average molecular weight is 599 g/mol. The van der Waals surface area contributed by atoms with Crippen molar-refractivity contribution in [1.82, 2.24) is 0 Å². The van der Waals surface area contributed by atoms with Gasteiger partial charge in [0.25, 0.3) is 0 Å². The number of carbonyl (C=O) groups excluding carboxylic acids is 4. The van der Waals surface area contributed by atoms with E-state index in [-0.39, 0.29) is 68.8 Å². The fourth-order valence-corrected chi connectivity index (χ4v) is 7.06. The lowest BCUT2D eigenvalue weighted by atomic mass is 9.63. The zero-order valence-corrected chi connectivity index (χ0v) is 23.2. The van der Waals surface area contributed by atoms with E-state index >= 15 is 0 Å². The van der Waals surface area contributed by atoms with Crippen LogP contribution in [0.25, 0.3) is 0 Å². The Bertz CT molecular complexity index is 1720. The first-order valence-corrected chi connectivity index (χ1v) is 14.2. The molecular weight excluding hydrogens is 576 g/mol. The van der Waals surface area contributed by atoms with Crippen LogP contribution in [0.15, 0.2) is 78.9 Å². The molecule has 0 spiro atoms. The van der Waals surface area contributed by atoms with Crippen molar-refractivity contribution in [3.63, 3.8) is 0 Å². The Morgan fingerprint density at radius 3 is 2.21 bits per heavy atom. The Labute approximate surface area is 250 Å². The Morgan fingerprint density at radius 1 is 0.907 bits per heavy atom. The smallest absolute Gasteiger partial charge is 0.338 e. The van der Waals surface area contributed by atoms with Crippen molar-refractivity contribution in [3.8, 4) is 11.5 Å². The van der Waals surface area contributed by atoms with E-state index in [0.29, 0.717) is 17.5 Å². The fraction of sp³-hybridized carbons (Fsp3) is 0.250. The molecule has 2 amide bonds. The Kier molecular flexibility index (Phi) is 6.39. The summed E-state index contributed by atoms with van der Waals surface area (Å²) in [5.74, 6) is -1.17. The minimum absolute atomic E-state index is 0.0581. The van der Waals surface area contributed by atoms with Crippen molar-refractivity contribution >= 4 is 46.5 Å². The number of nitrogens with zero attached hydrogens (tertiary/aromatic N) is 2. The van der Waals surface area contributed by atoms with Gasteiger partial charge in [0.15, 0.2) is 12.4 Å². The second kappa shape index (κ2) is 10.2. The van der Waals surface area contributed by atoms with Gasteiger partial charge in [-0.2, -0.15) is 0 Å². The van der Waals surface area contributed by atoms with Crippen LogP contribution in [0, 0.1) is 45.6 Å². The second-order valence-electron chi connectivity index (χ2n) is 11.2. The van der Waals surface area contributed by atoms with Gasteiger partial charge < -0.3 is 9.47 Å². The quantitative estimate of drug-likeness (QED) is 0.0812. The maximum absolute atomic E-state index is 13.4. The molecule has 3 fully saturated rings. The summed E-state index contributed by atoms with van der Waals surface area (Å²) in [6.45, 7) is -0.553. The molecule has 0 radical (unpaired) electrons. The van der Waals surface area contributed by atoms with Crippen LogP contribution in [0.3, 0.4) is 0 Å². The van der Waals surface area contributed by atoms with Crippen LogP contribution in [0.5, 0.6) is 11.5 Å². The highest BCUT2D eigenvalue weighted by Gasteiger charge is 2.67. The van der Waals surface area contributed by atoms with Crippen LogP contribution in [0.1, 0.15) is 27.1 Å². The molecule has 11 heteroatoms. The average Bonchev–Trinajstić information content (AvgIpc) is 3.79. The van der Waals surface area contributed by atoms with E-state index in [2.05, 4.69) is 12.2 Å². The van der Waals surface area contributed by atoms with E-state index in [0.717, 1.165) is 6.42 Å². The first-order chi connectivity index (χ1) is 20.7. The molecule has 1 heterocycles. The number of hydrogen-bond acceptors (Lipinski definition) is 8. The van der Waals surface area contributed by atoms with Crippen LogP contribution in [0.4, 0.5) is 11.4 Å². The van der Waals surface area contributed by atoms with Gasteiger partial charge in [-0.15, -0.1) is 0 Å². The van der Waals surface area contributed by atoms with Crippen LogP contribution >= 0.6 is 11.6 Å². The number of carbonyl (C=O) groups is 4. The molecule has 2 saturated carbocycles. The van der Waals surface area contributed by atoms with E-state index in [1.165, 1.54) is 59.5 Å².